The van der Waals surface area contributed by atoms with Crippen LogP contribution < -0.4 is 4.74 Å². The van der Waals surface area contributed by atoms with Crippen LogP contribution in [0.15, 0.2) is 27.2 Å². The average molecular weight is 372 g/mol. The largest absolute Gasteiger partial charge is 0.478 e. The van der Waals surface area contributed by atoms with Gasteiger partial charge in [-0.15, -0.1) is 0 Å². The summed E-state index contributed by atoms with van der Waals surface area (Å²) >= 11 is 6.22. The molecule has 0 heterocycles. The van der Waals surface area contributed by atoms with Gasteiger partial charge < -0.3 is 9.84 Å². The molecule has 92 valence electrons. The van der Waals surface area contributed by atoms with Crippen molar-refractivity contribution in [3.8, 4) is 5.75 Å². The van der Waals surface area contributed by atoms with Gasteiger partial charge in [-0.1, -0.05) is 0 Å². The molecular formula is C10H6Br2F2O3. The van der Waals surface area contributed by atoms with Crippen molar-refractivity contribution < 1.29 is 23.4 Å². The van der Waals surface area contributed by atoms with Crippen molar-refractivity contribution in [3.63, 3.8) is 0 Å². The first kappa shape index (κ1) is 14.1. The van der Waals surface area contributed by atoms with Gasteiger partial charge in [0.15, 0.2) is 0 Å². The molecule has 0 spiro atoms. The fourth-order valence-corrected chi connectivity index (χ4v) is 1.81. The lowest BCUT2D eigenvalue weighted by atomic mass is 10.2. The molecule has 7 heteroatoms. The average Bonchev–Trinajstić information content (AvgIpc) is 2.21. The first-order valence-electron chi connectivity index (χ1n) is 4.25. The zero-order valence-electron chi connectivity index (χ0n) is 8.16. The van der Waals surface area contributed by atoms with Crippen LogP contribution in [0, 0.1) is 0 Å². The van der Waals surface area contributed by atoms with Crippen LogP contribution in [-0.2, 0) is 4.79 Å². The number of carboxylic acids is 1. The Bertz CT molecular complexity index is 461. The molecule has 0 radical (unpaired) electrons. The van der Waals surface area contributed by atoms with E-state index in [2.05, 4.69) is 36.6 Å². The Morgan fingerprint density at radius 2 is 2.06 bits per heavy atom. The van der Waals surface area contributed by atoms with E-state index in [0.29, 0.717) is 14.5 Å². The van der Waals surface area contributed by atoms with Crippen molar-refractivity contribution in [2.24, 2.45) is 0 Å². The Balaban J connectivity index is 3.09. The first-order chi connectivity index (χ1) is 7.90. The van der Waals surface area contributed by atoms with Crippen LogP contribution in [-0.4, -0.2) is 17.7 Å². The van der Waals surface area contributed by atoms with Gasteiger partial charge in [0.25, 0.3) is 0 Å². The van der Waals surface area contributed by atoms with Gasteiger partial charge in [-0.25, -0.2) is 4.79 Å². The Hall–Kier alpha value is -0.950. The smallest absolute Gasteiger partial charge is 0.387 e. The molecule has 0 bridgehead atoms. The van der Waals surface area contributed by atoms with Gasteiger partial charge in [0, 0.05) is 10.5 Å². The molecule has 0 aliphatic heterocycles. The second-order valence-corrected chi connectivity index (χ2v) is 4.51. The molecule has 0 unspecified atom stereocenters. The van der Waals surface area contributed by atoms with Gasteiger partial charge in [-0.05, 0) is 55.6 Å². The molecule has 3 nitrogen and oxygen atoms in total. The SMILES string of the molecule is O=C(O)/C=C/c1cc(Br)c(Br)c(OC(F)F)c1. The zero-order valence-corrected chi connectivity index (χ0v) is 11.3. The summed E-state index contributed by atoms with van der Waals surface area (Å²) in [5, 5.41) is 8.45. The van der Waals surface area contributed by atoms with Crippen LogP contribution in [0.1, 0.15) is 5.56 Å². The molecule has 0 aliphatic carbocycles. The van der Waals surface area contributed by atoms with E-state index in [1.807, 2.05) is 0 Å². The molecule has 0 atom stereocenters. The van der Waals surface area contributed by atoms with Gasteiger partial charge in [0.2, 0.25) is 0 Å². The van der Waals surface area contributed by atoms with Gasteiger partial charge in [0.05, 0.1) is 4.47 Å². The van der Waals surface area contributed by atoms with Crippen molar-refractivity contribution in [1.82, 2.24) is 0 Å². The summed E-state index contributed by atoms with van der Waals surface area (Å²) in [7, 11) is 0. The highest BCUT2D eigenvalue weighted by atomic mass is 79.9. The van der Waals surface area contributed by atoms with Gasteiger partial charge in [-0.2, -0.15) is 8.78 Å². The van der Waals surface area contributed by atoms with E-state index in [0.717, 1.165) is 6.08 Å². The molecule has 1 aromatic carbocycles. The number of rotatable bonds is 4. The topological polar surface area (TPSA) is 46.5 Å². The van der Waals surface area contributed by atoms with E-state index >= 15 is 0 Å². The highest BCUT2D eigenvalue weighted by Crippen LogP contribution is 2.35. The number of alkyl halides is 2. The molecule has 0 aliphatic rings. The van der Waals surface area contributed by atoms with E-state index in [1.54, 1.807) is 6.07 Å². The first-order valence-corrected chi connectivity index (χ1v) is 5.83. The minimum absolute atomic E-state index is 0.0700. The van der Waals surface area contributed by atoms with Crippen molar-refractivity contribution in [1.29, 1.82) is 0 Å². The van der Waals surface area contributed by atoms with Crippen molar-refractivity contribution in [2.45, 2.75) is 6.61 Å². The number of hydrogen-bond donors (Lipinski definition) is 1. The fourth-order valence-electron chi connectivity index (χ4n) is 1.03. The maximum absolute atomic E-state index is 12.1. The summed E-state index contributed by atoms with van der Waals surface area (Å²) in [4.78, 5) is 10.3. The summed E-state index contributed by atoms with van der Waals surface area (Å²) in [6.45, 7) is -2.95. The normalized spacial score (nSPS) is 11.1. The van der Waals surface area contributed by atoms with Gasteiger partial charge in [0.1, 0.15) is 5.75 Å². The number of carboxylic acid groups (broad SMARTS) is 1. The van der Waals surface area contributed by atoms with Crippen molar-refractivity contribution >= 4 is 43.9 Å². The third-order valence-corrected chi connectivity index (χ3v) is 3.63. The molecule has 1 aromatic rings. The minimum atomic E-state index is -2.95. The lowest BCUT2D eigenvalue weighted by molar-refractivity contribution is -0.131. The van der Waals surface area contributed by atoms with Crippen LogP contribution in [0.5, 0.6) is 5.75 Å². The summed E-state index contributed by atoms with van der Waals surface area (Å²) in [5.41, 5.74) is 0.429. The molecule has 0 saturated heterocycles. The molecule has 17 heavy (non-hydrogen) atoms. The summed E-state index contributed by atoms with van der Waals surface area (Å²) in [5.74, 6) is -1.19. The highest BCUT2D eigenvalue weighted by Gasteiger charge is 2.11. The van der Waals surface area contributed by atoms with E-state index in [4.69, 9.17) is 5.11 Å². The molecule has 0 amide bonds. The quantitative estimate of drug-likeness (QED) is 0.816. The number of halogens is 4. The fraction of sp³-hybridized carbons (Fsp3) is 0.100. The molecule has 1 N–H and O–H groups in total. The third-order valence-electron chi connectivity index (χ3n) is 1.65. The number of ether oxygens (including phenoxy) is 1. The Labute approximate surface area is 112 Å². The van der Waals surface area contributed by atoms with E-state index in [1.165, 1.54) is 12.1 Å². The number of benzene rings is 1. The lowest BCUT2D eigenvalue weighted by Gasteiger charge is -2.09. The van der Waals surface area contributed by atoms with E-state index < -0.39 is 12.6 Å². The molecule has 0 aromatic heterocycles. The molecule has 0 saturated carbocycles. The number of carbonyl (C=O) groups is 1. The third kappa shape index (κ3) is 4.43. The molecular weight excluding hydrogens is 366 g/mol. The predicted molar refractivity (Wildman–Crippen MR) is 65.1 cm³/mol. The minimum Gasteiger partial charge on any atom is -0.478 e. The van der Waals surface area contributed by atoms with Gasteiger partial charge >= 0.3 is 12.6 Å². The van der Waals surface area contributed by atoms with Crippen molar-refractivity contribution in [3.05, 3.63) is 32.7 Å². The van der Waals surface area contributed by atoms with Crippen LogP contribution >= 0.6 is 31.9 Å². The van der Waals surface area contributed by atoms with Crippen LogP contribution in [0.3, 0.4) is 0 Å². The van der Waals surface area contributed by atoms with Crippen LogP contribution in [0.4, 0.5) is 8.78 Å². The number of hydrogen-bond acceptors (Lipinski definition) is 2. The standard InChI is InChI=1S/C10H6Br2F2O3/c11-6-3-5(1-2-8(15)16)4-7(9(6)12)17-10(13)14/h1-4,10H,(H,15,16)/b2-1+. The van der Waals surface area contributed by atoms with E-state index in [9.17, 15) is 13.6 Å². The zero-order chi connectivity index (χ0) is 13.0. The second-order valence-electron chi connectivity index (χ2n) is 2.86. The van der Waals surface area contributed by atoms with Crippen molar-refractivity contribution in [2.75, 3.05) is 0 Å². The van der Waals surface area contributed by atoms with Gasteiger partial charge in [-0.3, -0.25) is 0 Å². The Morgan fingerprint density at radius 3 is 2.59 bits per heavy atom. The monoisotopic (exact) mass is 370 g/mol. The summed E-state index contributed by atoms with van der Waals surface area (Å²) in [6, 6.07) is 2.88. The second kappa shape index (κ2) is 6.11. The predicted octanol–water partition coefficient (Wildman–Crippen LogP) is 3.91. The number of aliphatic carboxylic acids is 1. The summed E-state index contributed by atoms with van der Waals surface area (Å²) in [6.07, 6.45) is 2.18. The lowest BCUT2D eigenvalue weighted by Crippen LogP contribution is -2.03. The van der Waals surface area contributed by atoms with E-state index in [-0.39, 0.29) is 5.75 Å². The van der Waals surface area contributed by atoms with Crippen LogP contribution in [0.25, 0.3) is 6.08 Å². The maximum atomic E-state index is 12.1. The molecule has 0 fully saturated rings. The Kier molecular flexibility index (Phi) is 5.07. The Morgan fingerprint density at radius 1 is 1.41 bits per heavy atom. The maximum Gasteiger partial charge on any atom is 0.387 e. The molecule has 1 rings (SSSR count). The summed E-state index contributed by atoms with van der Waals surface area (Å²) < 4.78 is 29.3. The van der Waals surface area contributed by atoms with Crippen LogP contribution in [0.2, 0.25) is 0 Å². The highest BCUT2D eigenvalue weighted by molar-refractivity contribution is 9.13.